The molecule has 0 radical (unpaired) electrons. The highest BCUT2D eigenvalue weighted by atomic mass is 16.3. The first-order valence-corrected chi connectivity index (χ1v) is 9.49. The van der Waals surface area contributed by atoms with Gasteiger partial charge in [-0.2, -0.15) is 0 Å². The topological polar surface area (TPSA) is 30.1 Å². The van der Waals surface area contributed by atoms with Crippen molar-refractivity contribution in [1.29, 1.82) is 0 Å². The number of nitrogens with one attached hydrogen (secondary N) is 1. The molecule has 1 aliphatic heterocycles. The van der Waals surface area contributed by atoms with Gasteiger partial charge in [-0.3, -0.25) is 0 Å². The Hall–Kier alpha value is -3.72. The summed E-state index contributed by atoms with van der Waals surface area (Å²) >= 11 is 0. The van der Waals surface area contributed by atoms with Gasteiger partial charge in [0, 0.05) is 16.5 Å². The SMILES string of the molecule is C1=CNC(c2cccc(-n3c4ccccc4c4c5occc5ccc43)c2)C=C1. The third-order valence-electron chi connectivity index (χ3n) is 5.53. The van der Waals surface area contributed by atoms with E-state index in [2.05, 4.69) is 82.7 Å². The molecule has 28 heavy (non-hydrogen) atoms. The zero-order chi connectivity index (χ0) is 18.5. The molecule has 1 aliphatic rings. The highest BCUT2D eigenvalue weighted by molar-refractivity contribution is 6.19. The highest BCUT2D eigenvalue weighted by Gasteiger charge is 2.17. The fraction of sp³-hybridized carbons (Fsp3) is 0.0400. The van der Waals surface area contributed by atoms with Gasteiger partial charge in [-0.05, 0) is 54.2 Å². The minimum atomic E-state index is 0.190. The molecule has 0 spiro atoms. The van der Waals surface area contributed by atoms with E-state index in [1.54, 1.807) is 6.26 Å². The molecule has 3 heteroatoms. The van der Waals surface area contributed by atoms with E-state index in [0.717, 1.165) is 22.2 Å². The van der Waals surface area contributed by atoms with Crippen molar-refractivity contribution in [3.05, 3.63) is 103 Å². The maximum Gasteiger partial charge on any atom is 0.143 e. The van der Waals surface area contributed by atoms with Gasteiger partial charge in [0.2, 0.25) is 0 Å². The number of dihydropyridines is 1. The number of hydrogen-bond donors (Lipinski definition) is 1. The van der Waals surface area contributed by atoms with Crippen LogP contribution in [0.15, 0.2) is 102 Å². The van der Waals surface area contributed by atoms with Crippen LogP contribution in [0, 0.1) is 0 Å². The van der Waals surface area contributed by atoms with Crippen LogP contribution in [0.1, 0.15) is 11.6 Å². The summed E-state index contributed by atoms with van der Waals surface area (Å²) in [5.74, 6) is 0. The van der Waals surface area contributed by atoms with E-state index < -0.39 is 0 Å². The Morgan fingerprint density at radius 1 is 0.857 bits per heavy atom. The van der Waals surface area contributed by atoms with Crippen LogP contribution in [0.2, 0.25) is 0 Å². The quantitative estimate of drug-likeness (QED) is 0.403. The predicted molar refractivity (Wildman–Crippen MR) is 115 cm³/mol. The molecule has 0 bridgehead atoms. The van der Waals surface area contributed by atoms with Crippen LogP contribution in [-0.4, -0.2) is 4.57 Å². The molecule has 2 aromatic heterocycles. The van der Waals surface area contributed by atoms with Crippen molar-refractivity contribution < 1.29 is 4.42 Å². The maximum atomic E-state index is 5.87. The summed E-state index contributed by atoms with van der Waals surface area (Å²) in [7, 11) is 0. The van der Waals surface area contributed by atoms with Gasteiger partial charge in [0.15, 0.2) is 0 Å². The monoisotopic (exact) mass is 362 g/mol. The van der Waals surface area contributed by atoms with Crippen molar-refractivity contribution in [2.45, 2.75) is 6.04 Å². The minimum Gasteiger partial charge on any atom is -0.464 e. The maximum absolute atomic E-state index is 5.87. The first kappa shape index (κ1) is 15.3. The third kappa shape index (κ3) is 2.16. The summed E-state index contributed by atoms with van der Waals surface area (Å²) in [6.07, 6.45) is 10.0. The standard InChI is InChI=1S/C25H18N2O/c1-2-10-22-20(8-1)24-23(12-11-17-13-15-28-25(17)24)27(22)19-7-5-6-18(16-19)21-9-3-4-14-26-21/h1-16,21,26H. The van der Waals surface area contributed by atoms with Gasteiger partial charge in [0.1, 0.15) is 5.58 Å². The van der Waals surface area contributed by atoms with Gasteiger partial charge in [-0.1, -0.05) is 42.5 Å². The molecule has 3 aromatic carbocycles. The summed E-state index contributed by atoms with van der Waals surface area (Å²) in [4.78, 5) is 0. The molecule has 1 unspecified atom stereocenters. The van der Waals surface area contributed by atoms with E-state index in [1.165, 1.54) is 21.9 Å². The molecule has 0 saturated carbocycles. The van der Waals surface area contributed by atoms with Gasteiger partial charge in [0.25, 0.3) is 0 Å². The van der Waals surface area contributed by atoms with Crippen molar-refractivity contribution in [3.63, 3.8) is 0 Å². The lowest BCUT2D eigenvalue weighted by atomic mass is 10.0. The Balaban J connectivity index is 1.66. The number of hydrogen-bond acceptors (Lipinski definition) is 2. The van der Waals surface area contributed by atoms with Crippen molar-refractivity contribution >= 4 is 32.8 Å². The number of allylic oxidation sites excluding steroid dienone is 2. The lowest BCUT2D eigenvalue weighted by molar-refractivity contribution is 0.619. The van der Waals surface area contributed by atoms with Crippen LogP contribution in [-0.2, 0) is 0 Å². The third-order valence-corrected chi connectivity index (χ3v) is 5.53. The molecule has 5 aromatic rings. The average Bonchev–Trinajstić information content (AvgIpc) is 3.36. The first-order chi connectivity index (χ1) is 13.9. The van der Waals surface area contributed by atoms with Gasteiger partial charge in [-0.15, -0.1) is 0 Å². The van der Waals surface area contributed by atoms with E-state index in [1.807, 2.05) is 18.3 Å². The molecule has 0 amide bonds. The average molecular weight is 362 g/mol. The number of nitrogens with zero attached hydrogens (tertiary/aromatic N) is 1. The molecular formula is C25H18N2O. The highest BCUT2D eigenvalue weighted by Crippen LogP contribution is 2.37. The number of benzene rings is 3. The van der Waals surface area contributed by atoms with Gasteiger partial charge < -0.3 is 14.3 Å². The molecule has 3 heterocycles. The Morgan fingerprint density at radius 2 is 1.82 bits per heavy atom. The number of furan rings is 1. The van der Waals surface area contributed by atoms with Crippen molar-refractivity contribution in [3.8, 4) is 5.69 Å². The Bertz CT molecular complexity index is 1400. The Labute approximate surface area is 162 Å². The van der Waals surface area contributed by atoms with Crippen LogP contribution in [0.3, 0.4) is 0 Å². The molecule has 3 nitrogen and oxygen atoms in total. The zero-order valence-corrected chi connectivity index (χ0v) is 15.2. The lowest BCUT2D eigenvalue weighted by Gasteiger charge is -2.17. The molecule has 134 valence electrons. The lowest BCUT2D eigenvalue weighted by Crippen LogP contribution is -2.15. The summed E-state index contributed by atoms with van der Waals surface area (Å²) in [6, 6.07) is 23.8. The Kier molecular flexibility index (Phi) is 3.23. The molecule has 0 saturated heterocycles. The van der Waals surface area contributed by atoms with E-state index in [9.17, 15) is 0 Å². The van der Waals surface area contributed by atoms with Crippen LogP contribution in [0.4, 0.5) is 0 Å². The van der Waals surface area contributed by atoms with E-state index in [-0.39, 0.29) is 6.04 Å². The normalized spacial score (nSPS) is 16.2. The fourth-order valence-corrected chi connectivity index (χ4v) is 4.27. The minimum absolute atomic E-state index is 0.190. The van der Waals surface area contributed by atoms with Gasteiger partial charge in [0.05, 0.1) is 28.7 Å². The molecule has 1 atom stereocenters. The second-order valence-corrected chi connectivity index (χ2v) is 7.13. The summed E-state index contributed by atoms with van der Waals surface area (Å²) in [5, 5.41) is 6.92. The summed E-state index contributed by atoms with van der Waals surface area (Å²) in [5.41, 5.74) is 5.69. The van der Waals surface area contributed by atoms with Gasteiger partial charge in [-0.25, -0.2) is 0 Å². The fourth-order valence-electron chi connectivity index (χ4n) is 4.27. The van der Waals surface area contributed by atoms with Crippen LogP contribution in [0.5, 0.6) is 0 Å². The van der Waals surface area contributed by atoms with Crippen LogP contribution < -0.4 is 5.32 Å². The van der Waals surface area contributed by atoms with Crippen LogP contribution >= 0.6 is 0 Å². The van der Waals surface area contributed by atoms with Crippen molar-refractivity contribution in [1.82, 2.24) is 9.88 Å². The van der Waals surface area contributed by atoms with E-state index in [4.69, 9.17) is 4.42 Å². The van der Waals surface area contributed by atoms with Crippen molar-refractivity contribution in [2.75, 3.05) is 0 Å². The zero-order valence-electron chi connectivity index (χ0n) is 15.2. The molecule has 0 fully saturated rings. The van der Waals surface area contributed by atoms with Gasteiger partial charge >= 0.3 is 0 Å². The largest absolute Gasteiger partial charge is 0.464 e. The molecule has 1 N–H and O–H groups in total. The summed E-state index contributed by atoms with van der Waals surface area (Å²) < 4.78 is 8.20. The smallest absolute Gasteiger partial charge is 0.143 e. The second-order valence-electron chi connectivity index (χ2n) is 7.13. The second kappa shape index (κ2) is 5.89. The van der Waals surface area contributed by atoms with E-state index >= 15 is 0 Å². The molecule has 6 rings (SSSR count). The first-order valence-electron chi connectivity index (χ1n) is 9.49. The number of para-hydroxylation sites is 1. The van der Waals surface area contributed by atoms with Crippen LogP contribution in [0.25, 0.3) is 38.5 Å². The van der Waals surface area contributed by atoms with E-state index in [0.29, 0.717) is 0 Å². The Morgan fingerprint density at radius 3 is 2.75 bits per heavy atom. The molecular weight excluding hydrogens is 344 g/mol. The number of rotatable bonds is 2. The summed E-state index contributed by atoms with van der Waals surface area (Å²) in [6.45, 7) is 0. The van der Waals surface area contributed by atoms with Crippen molar-refractivity contribution in [2.24, 2.45) is 0 Å². The molecule has 0 aliphatic carbocycles. The number of aromatic nitrogens is 1. The predicted octanol–water partition coefficient (Wildman–Crippen LogP) is 6.24. The number of fused-ring (bicyclic) bond motifs is 5.